The van der Waals surface area contributed by atoms with Crippen LogP contribution in [0.3, 0.4) is 0 Å². The molecule has 0 aromatic heterocycles. The van der Waals surface area contributed by atoms with Gasteiger partial charge in [-0.2, -0.15) is 0 Å². The SMILES string of the molecule is CN1CC(c2ccccc2)C2(CCCNC2)C1=O.CN1C[C@@H](c2ccccc2)[C@@]2(CCCN(C(=O)[C@@H](CCO)NC(=O)OC(C)(C)C)C2)C1=O. The lowest BCUT2D eigenvalue weighted by Gasteiger charge is -2.43. The van der Waals surface area contributed by atoms with Crippen molar-refractivity contribution in [2.24, 2.45) is 10.8 Å². The Hall–Kier alpha value is -3.96. The number of piperidine rings is 2. The Bertz CT molecular complexity index is 1490. The second kappa shape index (κ2) is 15.5. The summed E-state index contributed by atoms with van der Waals surface area (Å²) < 4.78 is 5.29. The van der Waals surface area contributed by atoms with Crippen molar-refractivity contribution in [3.05, 3.63) is 71.8 Å². The first-order chi connectivity index (χ1) is 23.8. The highest BCUT2D eigenvalue weighted by atomic mass is 16.6. The number of nitrogens with one attached hydrogen (secondary N) is 2. The van der Waals surface area contributed by atoms with Crippen LogP contribution < -0.4 is 10.6 Å². The lowest BCUT2D eigenvalue weighted by atomic mass is 9.69. The zero-order valence-electron chi connectivity index (χ0n) is 30.3. The first-order valence-electron chi connectivity index (χ1n) is 18.0. The molecule has 6 rings (SSSR count). The van der Waals surface area contributed by atoms with E-state index in [0.717, 1.165) is 38.0 Å². The molecule has 11 heteroatoms. The number of likely N-dealkylation sites (tertiary alicyclic amines) is 3. The lowest BCUT2D eigenvalue weighted by Crippen LogP contribution is -2.56. The third kappa shape index (κ3) is 7.84. The van der Waals surface area contributed by atoms with E-state index >= 15 is 0 Å². The van der Waals surface area contributed by atoms with E-state index in [2.05, 4.69) is 34.9 Å². The molecular formula is C39H55N5O6. The van der Waals surface area contributed by atoms with Crippen molar-refractivity contribution < 1.29 is 29.0 Å². The predicted octanol–water partition coefficient (Wildman–Crippen LogP) is 3.74. The molecule has 2 spiro atoms. The van der Waals surface area contributed by atoms with Crippen LogP contribution in [-0.4, -0.2) is 115 Å². The molecule has 4 heterocycles. The van der Waals surface area contributed by atoms with Gasteiger partial charge in [-0.15, -0.1) is 0 Å². The Morgan fingerprint density at radius 2 is 1.44 bits per heavy atom. The van der Waals surface area contributed by atoms with Gasteiger partial charge in [0.25, 0.3) is 0 Å². The van der Waals surface area contributed by atoms with Crippen molar-refractivity contribution in [3.8, 4) is 0 Å². The van der Waals surface area contributed by atoms with Crippen LogP contribution in [0.25, 0.3) is 0 Å². The van der Waals surface area contributed by atoms with Gasteiger partial charge in [0.2, 0.25) is 17.7 Å². The zero-order valence-corrected chi connectivity index (χ0v) is 30.3. The Labute approximate surface area is 296 Å². The Kier molecular flexibility index (Phi) is 11.6. The predicted molar refractivity (Wildman–Crippen MR) is 191 cm³/mol. The highest BCUT2D eigenvalue weighted by Gasteiger charge is 2.56. The molecule has 2 aromatic rings. The quantitative estimate of drug-likeness (QED) is 0.421. The molecular weight excluding hydrogens is 634 g/mol. The Morgan fingerprint density at radius 3 is 1.96 bits per heavy atom. The minimum absolute atomic E-state index is 0.00749. The van der Waals surface area contributed by atoms with Crippen molar-refractivity contribution in [1.29, 1.82) is 0 Å². The van der Waals surface area contributed by atoms with Gasteiger partial charge in [0, 0.05) is 65.3 Å². The van der Waals surface area contributed by atoms with Gasteiger partial charge in [0.15, 0.2) is 0 Å². The van der Waals surface area contributed by atoms with E-state index < -0.39 is 23.2 Å². The summed E-state index contributed by atoms with van der Waals surface area (Å²) >= 11 is 0. The summed E-state index contributed by atoms with van der Waals surface area (Å²) in [5, 5.41) is 15.5. The molecule has 2 aromatic carbocycles. The maximum Gasteiger partial charge on any atom is 0.408 e. The fraction of sp³-hybridized carbons (Fsp3) is 0.590. The van der Waals surface area contributed by atoms with E-state index in [9.17, 15) is 24.3 Å². The molecule has 11 nitrogen and oxygen atoms in total. The van der Waals surface area contributed by atoms with E-state index in [-0.39, 0.29) is 36.2 Å². The van der Waals surface area contributed by atoms with Crippen LogP contribution in [0.15, 0.2) is 60.7 Å². The third-order valence-electron chi connectivity index (χ3n) is 10.9. The topological polar surface area (TPSA) is 132 Å². The Balaban J connectivity index is 0.000000226. The summed E-state index contributed by atoms with van der Waals surface area (Å²) in [6, 6.07) is 19.6. The van der Waals surface area contributed by atoms with E-state index in [4.69, 9.17) is 4.74 Å². The second-order valence-electron chi connectivity index (χ2n) is 15.5. The summed E-state index contributed by atoms with van der Waals surface area (Å²) in [5.41, 5.74) is 0.821. The smallest absolute Gasteiger partial charge is 0.408 e. The number of hydrogen-bond acceptors (Lipinski definition) is 7. The lowest BCUT2D eigenvalue weighted by molar-refractivity contribution is -0.144. The molecule has 4 aliphatic rings. The first kappa shape index (κ1) is 37.3. The minimum Gasteiger partial charge on any atom is -0.444 e. The van der Waals surface area contributed by atoms with Crippen LogP contribution in [-0.2, 0) is 19.1 Å². The number of rotatable bonds is 6. The zero-order chi connectivity index (χ0) is 36.1. The summed E-state index contributed by atoms with van der Waals surface area (Å²) in [7, 11) is 3.74. The fourth-order valence-electron chi connectivity index (χ4n) is 8.54. The third-order valence-corrected chi connectivity index (χ3v) is 10.9. The number of aliphatic hydroxyl groups excluding tert-OH is 1. The Morgan fingerprint density at radius 1 is 0.900 bits per heavy atom. The van der Waals surface area contributed by atoms with E-state index in [1.807, 2.05) is 55.4 Å². The molecule has 4 aliphatic heterocycles. The summed E-state index contributed by atoms with van der Waals surface area (Å²) in [5.74, 6) is 0.417. The van der Waals surface area contributed by atoms with Crippen LogP contribution in [0.2, 0.25) is 0 Å². The van der Waals surface area contributed by atoms with Crippen LogP contribution >= 0.6 is 0 Å². The number of hydrogen-bond donors (Lipinski definition) is 3. The average Bonchev–Trinajstić information content (AvgIpc) is 3.48. The number of carbonyl (C=O) groups excluding carboxylic acids is 4. The average molecular weight is 690 g/mol. The molecule has 4 fully saturated rings. The molecule has 0 saturated carbocycles. The van der Waals surface area contributed by atoms with Crippen molar-refractivity contribution in [2.75, 3.05) is 60.0 Å². The number of amides is 4. The van der Waals surface area contributed by atoms with Crippen LogP contribution in [0, 0.1) is 10.8 Å². The van der Waals surface area contributed by atoms with Crippen LogP contribution in [0.1, 0.15) is 75.8 Å². The highest BCUT2D eigenvalue weighted by Crippen LogP contribution is 2.49. The molecule has 4 saturated heterocycles. The molecule has 3 N–H and O–H groups in total. The minimum atomic E-state index is -0.908. The number of benzene rings is 2. The van der Waals surface area contributed by atoms with Crippen LogP contribution in [0.4, 0.5) is 4.79 Å². The highest BCUT2D eigenvalue weighted by molar-refractivity contribution is 5.90. The summed E-state index contributed by atoms with van der Waals surface area (Å²) in [4.78, 5) is 56.9. The van der Waals surface area contributed by atoms with Gasteiger partial charge >= 0.3 is 6.09 Å². The molecule has 50 heavy (non-hydrogen) atoms. The monoisotopic (exact) mass is 689 g/mol. The van der Waals surface area contributed by atoms with Gasteiger partial charge in [-0.05, 0) is 70.5 Å². The van der Waals surface area contributed by atoms with E-state index in [1.165, 1.54) is 5.56 Å². The van der Waals surface area contributed by atoms with Gasteiger partial charge in [0.1, 0.15) is 11.6 Å². The maximum atomic E-state index is 13.4. The van der Waals surface area contributed by atoms with Crippen molar-refractivity contribution in [1.82, 2.24) is 25.3 Å². The molecule has 2 unspecified atom stereocenters. The van der Waals surface area contributed by atoms with Gasteiger partial charge in [-0.25, -0.2) is 4.79 Å². The van der Waals surface area contributed by atoms with Gasteiger partial charge < -0.3 is 35.2 Å². The second-order valence-corrected chi connectivity index (χ2v) is 15.5. The number of ether oxygens (including phenoxy) is 1. The first-order valence-corrected chi connectivity index (χ1v) is 18.0. The molecule has 0 radical (unpaired) electrons. The normalized spacial score (nSPS) is 27.3. The molecule has 5 atom stereocenters. The molecule has 0 bridgehead atoms. The van der Waals surface area contributed by atoms with E-state index in [0.29, 0.717) is 44.3 Å². The van der Waals surface area contributed by atoms with E-state index in [1.54, 1.807) is 30.6 Å². The fourth-order valence-corrected chi connectivity index (χ4v) is 8.54. The number of carbonyl (C=O) groups is 4. The number of alkyl carbamates (subject to hydrolysis) is 1. The summed E-state index contributed by atoms with van der Waals surface area (Å²) in [6.07, 6.45) is 2.91. The van der Waals surface area contributed by atoms with Crippen molar-refractivity contribution in [2.45, 2.75) is 76.4 Å². The molecule has 272 valence electrons. The van der Waals surface area contributed by atoms with Crippen molar-refractivity contribution >= 4 is 23.8 Å². The number of likely N-dealkylation sites (N-methyl/N-ethyl adjacent to an activating group) is 2. The number of aliphatic hydroxyl groups is 1. The molecule has 4 amide bonds. The van der Waals surface area contributed by atoms with Gasteiger partial charge in [0.05, 0.1) is 10.8 Å². The van der Waals surface area contributed by atoms with Gasteiger partial charge in [-0.1, -0.05) is 60.7 Å². The van der Waals surface area contributed by atoms with Crippen LogP contribution in [0.5, 0.6) is 0 Å². The maximum absolute atomic E-state index is 13.4. The summed E-state index contributed by atoms with van der Waals surface area (Å²) in [6.45, 7) is 9.13. The largest absolute Gasteiger partial charge is 0.444 e. The van der Waals surface area contributed by atoms with Crippen molar-refractivity contribution in [3.63, 3.8) is 0 Å². The molecule has 0 aliphatic carbocycles. The number of nitrogens with zero attached hydrogens (tertiary/aromatic N) is 3. The standard InChI is InChI=1S/C24H35N3O5.C15H20N2O/c1-23(2,3)32-22(31)25-19(11-14-28)20(29)27-13-8-12-24(16-27)18(15-26(4)21(24)30)17-9-6-5-7-10-17;1-17-10-13(12-6-3-2-4-7-12)15(14(17)18)8-5-9-16-11-15/h5-7,9-10,18-19,28H,8,11-16H2,1-4H3,(H,25,31);2-4,6-7,13,16H,5,8-11H2,1H3/t18-,19+,24-;/m0./s1. The van der Waals surface area contributed by atoms with Gasteiger partial charge in [-0.3, -0.25) is 14.4 Å².